The van der Waals surface area contributed by atoms with Crippen molar-refractivity contribution < 1.29 is 9.53 Å². The van der Waals surface area contributed by atoms with Crippen LogP contribution in [-0.2, 0) is 15.1 Å². The SMILES string of the molecule is CCC(C)NC(C)(C(=O)OC)c1ccc(Cl)cc1. The molecule has 2 unspecified atom stereocenters. The molecule has 1 aromatic rings. The predicted molar refractivity (Wildman–Crippen MR) is 73.7 cm³/mol. The maximum absolute atomic E-state index is 12.1. The fraction of sp³-hybridized carbons (Fsp3) is 0.500. The first kappa shape index (κ1) is 15.0. The van der Waals surface area contributed by atoms with Crippen LogP contribution >= 0.6 is 11.6 Å². The lowest BCUT2D eigenvalue weighted by Gasteiger charge is -2.31. The van der Waals surface area contributed by atoms with Gasteiger partial charge in [0.05, 0.1) is 7.11 Å². The fourth-order valence-electron chi connectivity index (χ4n) is 1.84. The number of ether oxygens (including phenoxy) is 1. The summed E-state index contributed by atoms with van der Waals surface area (Å²) in [5.41, 5.74) is -0.00607. The summed E-state index contributed by atoms with van der Waals surface area (Å²) in [7, 11) is 1.40. The summed E-state index contributed by atoms with van der Waals surface area (Å²) in [6.07, 6.45) is 0.931. The molecule has 0 saturated carbocycles. The number of rotatable bonds is 5. The Morgan fingerprint density at radius 2 is 2.00 bits per heavy atom. The third-order valence-corrected chi connectivity index (χ3v) is 3.41. The smallest absolute Gasteiger partial charge is 0.330 e. The van der Waals surface area contributed by atoms with Crippen molar-refractivity contribution >= 4 is 17.6 Å². The van der Waals surface area contributed by atoms with Crippen LogP contribution < -0.4 is 5.32 Å². The van der Waals surface area contributed by atoms with E-state index in [9.17, 15) is 4.79 Å². The second kappa shape index (κ2) is 6.21. The Hall–Kier alpha value is -1.06. The zero-order valence-electron chi connectivity index (χ0n) is 11.3. The summed E-state index contributed by atoms with van der Waals surface area (Å²) in [5, 5.41) is 3.96. The van der Waals surface area contributed by atoms with Gasteiger partial charge in [-0.2, -0.15) is 0 Å². The van der Waals surface area contributed by atoms with Gasteiger partial charge >= 0.3 is 5.97 Å². The van der Waals surface area contributed by atoms with E-state index in [-0.39, 0.29) is 12.0 Å². The fourth-order valence-corrected chi connectivity index (χ4v) is 1.97. The summed E-state index contributed by atoms with van der Waals surface area (Å²) in [6, 6.07) is 7.44. The van der Waals surface area contributed by atoms with Crippen LogP contribution in [0.15, 0.2) is 24.3 Å². The minimum atomic E-state index is -0.852. The average molecular weight is 270 g/mol. The van der Waals surface area contributed by atoms with Crippen molar-refractivity contribution in [2.45, 2.75) is 38.8 Å². The van der Waals surface area contributed by atoms with Crippen LogP contribution in [0.5, 0.6) is 0 Å². The normalized spacial score (nSPS) is 15.8. The van der Waals surface area contributed by atoms with Crippen LogP contribution in [0.4, 0.5) is 0 Å². The third-order valence-electron chi connectivity index (χ3n) is 3.16. The van der Waals surface area contributed by atoms with Gasteiger partial charge in [-0.1, -0.05) is 30.7 Å². The Balaban J connectivity index is 3.11. The molecule has 0 heterocycles. The van der Waals surface area contributed by atoms with E-state index in [2.05, 4.69) is 12.2 Å². The van der Waals surface area contributed by atoms with Gasteiger partial charge in [0.25, 0.3) is 0 Å². The topological polar surface area (TPSA) is 38.3 Å². The second-order valence-corrected chi connectivity index (χ2v) is 5.01. The first-order chi connectivity index (χ1) is 8.43. The molecule has 0 saturated heterocycles. The molecule has 1 aromatic carbocycles. The third kappa shape index (κ3) is 3.24. The Bertz CT molecular complexity index is 405. The summed E-state index contributed by atoms with van der Waals surface area (Å²) < 4.78 is 4.91. The van der Waals surface area contributed by atoms with Crippen molar-refractivity contribution in [3.8, 4) is 0 Å². The summed E-state index contributed by atoms with van der Waals surface area (Å²) in [4.78, 5) is 12.1. The first-order valence-corrected chi connectivity index (χ1v) is 6.44. The quantitative estimate of drug-likeness (QED) is 0.835. The molecule has 0 amide bonds. The molecule has 0 aliphatic heterocycles. The van der Waals surface area contributed by atoms with Crippen molar-refractivity contribution in [1.29, 1.82) is 0 Å². The largest absolute Gasteiger partial charge is 0.467 e. The minimum Gasteiger partial charge on any atom is -0.467 e. The van der Waals surface area contributed by atoms with Gasteiger partial charge < -0.3 is 4.74 Å². The van der Waals surface area contributed by atoms with E-state index in [1.807, 2.05) is 26.0 Å². The lowest BCUT2D eigenvalue weighted by Crippen LogP contribution is -2.50. The van der Waals surface area contributed by atoms with Crippen molar-refractivity contribution in [2.24, 2.45) is 0 Å². The van der Waals surface area contributed by atoms with Crippen molar-refractivity contribution in [2.75, 3.05) is 7.11 Å². The van der Waals surface area contributed by atoms with Gasteiger partial charge in [0.2, 0.25) is 0 Å². The lowest BCUT2D eigenvalue weighted by molar-refractivity contribution is -0.148. The highest BCUT2D eigenvalue weighted by Gasteiger charge is 2.37. The van der Waals surface area contributed by atoms with E-state index < -0.39 is 5.54 Å². The van der Waals surface area contributed by atoms with E-state index in [0.29, 0.717) is 5.02 Å². The number of esters is 1. The van der Waals surface area contributed by atoms with Crippen LogP contribution in [-0.4, -0.2) is 19.1 Å². The number of halogens is 1. The highest BCUT2D eigenvalue weighted by atomic mass is 35.5. The standard InChI is InChI=1S/C14H20ClNO2/c1-5-10(2)16-14(3,13(17)18-4)11-6-8-12(15)9-7-11/h6-10,16H,5H2,1-4H3. The highest BCUT2D eigenvalue weighted by Crippen LogP contribution is 2.25. The number of methoxy groups -OCH3 is 1. The Morgan fingerprint density at radius 3 is 2.44 bits per heavy atom. The zero-order chi connectivity index (χ0) is 13.8. The van der Waals surface area contributed by atoms with Crippen LogP contribution in [0.25, 0.3) is 0 Å². The number of benzene rings is 1. The van der Waals surface area contributed by atoms with Gasteiger partial charge in [0.1, 0.15) is 5.54 Å². The molecular formula is C14H20ClNO2. The van der Waals surface area contributed by atoms with E-state index >= 15 is 0 Å². The maximum atomic E-state index is 12.1. The Morgan fingerprint density at radius 1 is 1.44 bits per heavy atom. The van der Waals surface area contributed by atoms with Crippen LogP contribution in [0.1, 0.15) is 32.8 Å². The second-order valence-electron chi connectivity index (χ2n) is 4.58. The van der Waals surface area contributed by atoms with E-state index in [4.69, 9.17) is 16.3 Å². The Labute approximate surface area is 113 Å². The molecule has 4 heteroatoms. The number of carbonyl (C=O) groups excluding carboxylic acids is 1. The number of carbonyl (C=O) groups is 1. The summed E-state index contributed by atoms with van der Waals surface area (Å²) >= 11 is 5.87. The predicted octanol–water partition coefficient (Wildman–Crippen LogP) is 3.12. The molecule has 0 radical (unpaired) electrons. The van der Waals surface area contributed by atoms with E-state index in [1.54, 1.807) is 12.1 Å². The molecule has 1 N–H and O–H groups in total. The molecule has 1 rings (SSSR count). The zero-order valence-corrected chi connectivity index (χ0v) is 12.0. The van der Waals surface area contributed by atoms with Gasteiger partial charge in [-0.25, -0.2) is 4.79 Å². The molecule has 3 nitrogen and oxygen atoms in total. The van der Waals surface area contributed by atoms with Gasteiger partial charge in [0.15, 0.2) is 0 Å². The summed E-state index contributed by atoms with van der Waals surface area (Å²) in [5.74, 6) is -0.301. The van der Waals surface area contributed by atoms with E-state index in [0.717, 1.165) is 12.0 Å². The maximum Gasteiger partial charge on any atom is 0.330 e. The molecule has 0 aliphatic carbocycles. The van der Waals surface area contributed by atoms with Crippen LogP contribution in [0.3, 0.4) is 0 Å². The van der Waals surface area contributed by atoms with Gasteiger partial charge in [-0.15, -0.1) is 0 Å². The van der Waals surface area contributed by atoms with Crippen molar-refractivity contribution in [3.05, 3.63) is 34.9 Å². The first-order valence-electron chi connectivity index (χ1n) is 6.06. The molecule has 2 atom stereocenters. The molecule has 0 fully saturated rings. The molecule has 100 valence electrons. The monoisotopic (exact) mass is 269 g/mol. The molecular weight excluding hydrogens is 250 g/mol. The lowest BCUT2D eigenvalue weighted by atomic mass is 9.91. The van der Waals surface area contributed by atoms with Gasteiger partial charge in [0, 0.05) is 11.1 Å². The highest BCUT2D eigenvalue weighted by molar-refractivity contribution is 6.30. The van der Waals surface area contributed by atoms with Crippen LogP contribution in [0.2, 0.25) is 5.02 Å². The number of hydrogen-bond acceptors (Lipinski definition) is 3. The summed E-state index contributed by atoms with van der Waals surface area (Å²) in [6.45, 7) is 5.93. The molecule has 0 aliphatic rings. The number of hydrogen-bond donors (Lipinski definition) is 1. The van der Waals surface area contributed by atoms with Crippen LogP contribution in [0, 0.1) is 0 Å². The average Bonchev–Trinajstić information content (AvgIpc) is 2.38. The Kier molecular flexibility index (Phi) is 5.17. The number of nitrogens with one attached hydrogen (secondary N) is 1. The minimum absolute atomic E-state index is 0.213. The van der Waals surface area contributed by atoms with Crippen molar-refractivity contribution in [3.63, 3.8) is 0 Å². The van der Waals surface area contributed by atoms with Gasteiger partial charge in [-0.05, 0) is 38.0 Å². The molecule has 0 spiro atoms. The molecule has 18 heavy (non-hydrogen) atoms. The van der Waals surface area contributed by atoms with E-state index in [1.165, 1.54) is 7.11 Å². The van der Waals surface area contributed by atoms with Crippen molar-refractivity contribution in [1.82, 2.24) is 5.32 Å². The van der Waals surface area contributed by atoms with Gasteiger partial charge in [-0.3, -0.25) is 5.32 Å². The molecule has 0 bridgehead atoms. The molecule has 0 aromatic heterocycles.